The number of hydrogen-bond donors (Lipinski definition) is 1. The summed E-state index contributed by atoms with van der Waals surface area (Å²) in [4.78, 5) is 0. The van der Waals surface area contributed by atoms with Gasteiger partial charge in [0.1, 0.15) is 5.82 Å². The first kappa shape index (κ1) is 12.7. The molecule has 0 saturated carbocycles. The second-order valence-corrected chi connectivity index (χ2v) is 3.83. The lowest BCUT2D eigenvalue weighted by Gasteiger charge is -2.16. The molecule has 0 bridgehead atoms. The summed E-state index contributed by atoms with van der Waals surface area (Å²) in [6, 6.07) is 5.41. The summed E-state index contributed by atoms with van der Waals surface area (Å²) < 4.78 is 13.7. The van der Waals surface area contributed by atoms with E-state index in [2.05, 4.69) is 17.2 Å². The third kappa shape index (κ3) is 3.36. The predicted octanol–water partition coefficient (Wildman–Crippen LogP) is 3.20. The van der Waals surface area contributed by atoms with Gasteiger partial charge in [-0.25, -0.2) is 4.39 Å². The molecule has 0 saturated heterocycles. The highest BCUT2D eigenvalue weighted by Crippen LogP contribution is 2.21. The van der Waals surface area contributed by atoms with Gasteiger partial charge in [-0.15, -0.1) is 11.8 Å². The maximum Gasteiger partial charge on any atom is 0.128 e. The largest absolute Gasteiger partial charge is 0.313 e. The highest BCUT2D eigenvalue weighted by molar-refractivity contribution is 5.26. The quantitative estimate of drug-likeness (QED) is 0.767. The average Bonchev–Trinajstić information content (AvgIpc) is 2.26. The molecule has 2 heteroatoms. The lowest BCUT2D eigenvalue weighted by Crippen LogP contribution is -2.17. The smallest absolute Gasteiger partial charge is 0.128 e. The average molecular weight is 219 g/mol. The van der Waals surface area contributed by atoms with E-state index in [1.165, 1.54) is 0 Å². The Hall–Kier alpha value is -1.33. The number of halogens is 1. The van der Waals surface area contributed by atoms with Gasteiger partial charge in [-0.2, -0.15) is 0 Å². The SMILES string of the molecule is CC#CCCC(NC)c1ccc(C)cc1F. The molecule has 1 rings (SSSR count). The van der Waals surface area contributed by atoms with Crippen LogP contribution in [0.2, 0.25) is 0 Å². The Morgan fingerprint density at radius 2 is 2.19 bits per heavy atom. The van der Waals surface area contributed by atoms with Gasteiger partial charge in [-0.3, -0.25) is 0 Å². The van der Waals surface area contributed by atoms with Gasteiger partial charge >= 0.3 is 0 Å². The zero-order valence-electron chi connectivity index (χ0n) is 10.1. The summed E-state index contributed by atoms with van der Waals surface area (Å²) >= 11 is 0. The van der Waals surface area contributed by atoms with Crippen molar-refractivity contribution in [3.8, 4) is 11.8 Å². The topological polar surface area (TPSA) is 12.0 Å². The van der Waals surface area contributed by atoms with Gasteiger partial charge in [0.05, 0.1) is 0 Å². The van der Waals surface area contributed by atoms with Crippen LogP contribution < -0.4 is 5.32 Å². The molecule has 1 nitrogen and oxygen atoms in total. The van der Waals surface area contributed by atoms with Crippen molar-refractivity contribution < 1.29 is 4.39 Å². The van der Waals surface area contributed by atoms with Crippen molar-refractivity contribution in [2.75, 3.05) is 7.05 Å². The Kier molecular flexibility index (Phi) is 5.01. The molecule has 16 heavy (non-hydrogen) atoms. The normalized spacial score (nSPS) is 11.8. The number of hydrogen-bond acceptors (Lipinski definition) is 1. The molecule has 0 fully saturated rings. The molecule has 0 spiro atoms. The van der Waals surface area contributed by atoms with Crippen molar-refractivity contribution in [3.63, 3.8) is 0 Å². The maximum absolute atomic E-state index is 13.7. The summed E-state index contributed by atoms with van der Waals surface area (Å²) in [7, 11) is 1.85. The van der Waals surface area contributed by atoms with E-state index in [4.69, 9.17) is 0 Å². The number of rotatable bonds is 4. The summed E-state index contributed by atoms with van der Waals surface area (Å²) in [5.41, 5.74) is 1.68. The fourth-order valence-electron chi connectivity index (χ4n) is 1.71. The van der Waals surface area contributed by atoms with Crippen LogP contribution in [0.5, 0.6) is 0 Å². The number of nitrogens with one attached hydrogen (secondary N) is 1. The first-order valence-corrected chi connectivity index (χ1v) is 5.52. The number of benzene rings is 1. The minimum absolute atomic E-state index is 0.0430. The fraction of sp³-hybridized carbons (Fsp3) is 0.429. The minimum atomic E-state index is -0.135. The van der Waals surface area contributed by atoms with Crippen LogP contribution in [0.15, 0.2) is 18.2 Å². The minimum Gasteiger partial charge on any atom is -0.313 e. The molecule has 1 aromatic carbocycles. The van der Waals surface area contributed by atoms with Gasteiger partial charge in [0.2, 0.25) is 0 Å². The Bertz CT molecular complexity index is 401. The third-order valence-electron chi connectivity index (χ3n) is 2.61. The molecule has 86 valence electrons. The van der Waals surface area contributed by atoms with Crippen LogP contribution in [-0.4, -0.2) is 7.05 Å². The summed E-state index contributed by atoms with van der Waals surface area (Å²) in [5.74, 6) is 5.72. The third-order valence-corrected chi connectivity index (χ3v) is 2.61. The van der Waals surface area contributed by atoms with Crippen LogP contribution in [0.1, 0.15) is 36.9 Å². The van der Waals surface area contributed by atoms with Crippen LogP contribution in [-0.2, 0) is 0 Å². The van der Waals surface area contributed by atoms with Crippen LogP contribution in [0.25, 0.3) is 0 Å². The fourth-order valence-corrected chi connectivity index (χ4v) is 1.71. The lowest BCUT2D eigenvalue weighted by molar-refractivity contribution is 0.514. The van der Waals surface area contributed by atoms with Gasteiger partial charge in [0.25, 0.3) is 0 Å². The second kappa shape index (κ2) is 6.30. The van der Waals surface area contributed by atoms with Gasteiger partial charge in [0, 0.05) is 18.0 Å². The first-order valence-electron chi connectivity index (χ1n) is 5.52. The summed E-state index contributed by atoms with van der Waals surface area (Å²) in [6.07, 6.45) is 1.62. The van der Waals surface area contributed by atoms with Gasteiger partial charge in [-0.05, 0) is 38.9 Å². The molecular formula is C14H18FN. The summed E-state index contributed by atoms with van der Waals surface area (Å²) in [5, 5.41) is 3.13. The van der Waals surface area contributed by atoms with E-state index in [1.54, 1.807) is 6.07 Å². The van der Waals surface area contributed by atoms with Gasteiger partial charge in [0.15, 0.2) is 0 Å². The standard InChI is InChI=1S/C14H18FN/c1-4-5-6-7-14(16-3)12-9-8-11(2)10-13(12)15/h8-10,14,16H,6-7H2,1-3H3. The molecule has 1 N–H and O–H groups in total. The highest BCUT2D eigenvalue weighted by Gasteiger charge is 2.12. The van der Waals surface area contributed by atoms with Crippen molar-refractivity contribution in [2.24, 2.45) is 0 Å². The van der Waals surface area contributed by atoms with E-state index < -0.39 is 0 Å². The zero-order valence-corrected chi connectivity index (χ0v) is 10.1. The van der Waals surface area contributed by atoms with Crippen molar-refractivity contribution in [2.45, 2.75) is 32.7 Å². The second-order valence-electron chi connectivity index (χ2n) is 3.83. The van der Waals surface area contributed by atoms with Crippen molar-refractivity contribution in [1.29, 1.82) is 0 Å². The molecule has 0 amide bonds. The van der Waals surface area contributed by atoms with E-state index in [0.29, 0.717) is 0 Å². The van der Waals surface area contributed by atoms with Crippen LogP contribution in [0.4, 0.5) is 4.39 Å². The van der Waals surface area contributed by atoms with Crippen LogP contribution >= 0.6 is 0 Å². The Morgan fingerprint density at radius 1 is 1.44 bits per heavy atom. The van der Waals surface area contributed by atoms with Crippen molar-refractivity contribution in [3.05, 3.63) is 35.1 Å². The Labute approximate surface area is 97.1 Å². The molecule has 1 unspecified atom stereocenters. The summed E-state index contributed by atoms with van der Waals surface area (Å²) in [6.45, 7) is 3.71. The molecule has 0 aromatic heterocycles. The monoisotopic (exact) mass is 219 g/mol. The Balaban J connectivity index is 2.80. The highest BCUT2D eigenvalue weighted by atomic mass is 19.1. The zero-order chi connectivity index (χ0) is 12.0. The maximum atomic E-state index is 13.7. The van der Waals surface area contributed by atoms with Gasteiger partial charge in [-0.1, -0.05) is 12.1 Å². The molecule has 1 aromatic rings. The molecule has 0 aliphatic carbocycles. The van der Waals surface area contributed by atoms with E-state index in [9.17, 15) is 4.39 Å². The van der Waals surface area contributed by atoms with E-state index >= 15 is 0 Å². The molecule has 0 radical (unpaired) electrons. The molecule has 0 aliphatic heterocycles. The van der Waals surface area contributed by atoms with E-state index in [0.717, 1.165) is 24.0 Å². The van der Waals surface area contributed by atoms with E-state index in [-0.39, 0.29) is 11.9 Å². The van der Waals surface area contributed by atoms with Crippen LogP contribution in [0.3, 0.4) is 0 Å². The molecule has 1 atom stereocenters. The molecule has 0 heterocycles. The van der Waals surface area contributed by atoms with Crippen LogP contribution in [0, 0.1) is 24.6 Å². The Morgan fingerprint density at radius 3 is 2.75 bits per heavy atom. The van der Waals surface area contributed by atoms with Crippen molar-refractivity contribution in [1.82, 2.24) is 5.32 Å². The molecular weight excluding hydrogens is 201 g/mol. The number of aryl methyl sites for hydroxylation is 1. The van der Waals surface area contributed by atoms with E-state index in [1.807, 2.05) is 33.0 Å². The predicted molar refractivity (Wildman–Crippen MR) is 65.6 cm³/mol. The first-order chi connectivity index (χ1) is 7.69. The van der Waals surface area contributed by atoms with Crippen molar-refractivity contribution >= 4 is 0 Å². The lowest BCUT2D eigenvalue weighted by atomic mass is 10.0. The van der Waals surface area contributed by atoms with Gasteiger partial charge < -0.3 is 5.32 Å². The molecule has 0 aliphatic rings.